The lowest BCUT2D eigenvalue weighted by Gasteiger charge is -2.13. The number of ether oxygens (including phenoxy) is 1. The van der Waals surface area contributed by atoms with E-state index in [1.54, 1.807) is 11.8 Å². The smallest absolute Gasteiger partial charge is 0.0842 e. The molecule has 0 aromatic carbocycles. The quantitative estimate of drug-likeness (QED) is 0.745. The lowest BCUT2D eigenvalue weighted by molar-refractivity contribution is 0.107. The summed E-state index contributed by atoms with van der Waals surface area (Å²) in [5, 5.41) is 7.87. The van der Waals surface area contributed by atoms with Crippen LogP contribution in [0, 0.1) is 0 Å². The van der Waals surface area contributed by atoms with Gasteiger partial charge in [0, 0.05) is 32.8 Å². The van der Waals surface area contributed by atoms with Crippen molar-refractivity contribution >= 4 is 0 Å². The van der Waals surface area contributed by atoms with Crippen LogP contribution in [-0.4, -0.2) is 34.2 Å². The highest BCUT2D eigenvalue weighted by atomic mass is 16.5. The standard InChI is InChI=1S/C10H20N4O/c1-8(15-3)4-5-9(11)6-10-7-14(2)13-12-10/h7-9H,4-6,11H2,1-3H3. The molecule has 1 aromatic rings. The molecule has 5 nitrogen and oxygen atoms in total. The molecule has 2 atom stereocenters. The zero-order chi connectivity index (χ0) is 11.3. The van der Waals surface area contributed by atoms with E-state index >= 15 is 0 Å². The van der Waals surface area contributed by atoms with E-state index in [9.17, 15) is 0 Å². The second kappa shape index (κ2) is 5.82. The normalized spacial score (nSPS) is 15.2. The minimum absolute atomic E-state index is 0.138. The average Bonchev–Trinajstić information content (AvgIpc) is 2.60. The van der Waals surface area contributed by atoms with E-state index in [0.717, 1.165) is 25.0 Å². The van der Waals surface area contributed by atoms with Crippen molar-refractivity contribution < 1.29 is 4.74 Å². The summed E-state index contributed by atoms with van der Waals surface area (Å²) >= 11 is 0. The minimum atomic E-state index is 0.138. The molecule has 15 heavy (non-hydrogen) atoms. The summed E-state index contributed by atoms with van der Waals surface area (Å²) in [6.07, 6.45) is 4.89. The van der Waals surface area contributed by atoms with E-state index < -0.39 is 0 Å². The third-order valence-corrected chi connectivity index (χ3v) is 2.47. The second-order valence-electron chi connectivity index (χ2n) is 3.97. The average molecular weight is 212 g/mol. The highest BCUT2D eigenvalue weighted by Crippen LogP contribution is 2.06. The molecule has 1 rings (SSSR count). The van der Waals surface area contributed by atoms with Gasteiger partial charge in [-0.15, -0.1) is 5.10 Å². The van der Waals surface area contributed by atoms with Gasteiger partial charge in [-0.1, -0.05) is 5.21 Å². The number of aromatic nitrogens is 3. The minimum Gasteiger partial charge on any atom is -0.382 e. The Kier molecular flexibility index (Phi) is 4.71. The van der Waals surface area contributed by atoms with Crippen LogP contribution < -0.4 is 5.73 Å². The fourth-order valence-electron chi connectivity index (χ4n) is 1.43. The van der Waals surface area contributed by atoms with Crippen molar-refractivity contribution in [1.82, 2.24) is 15.0 Å². The predicted octanol–water partition coefficient (Wildman–Crippen LogP) is 0.500. The molecule has 1 aromatic heterocycles. The van der Waals surface area contributed by atoms with Crippen molar-refractivity contribution in [2.45, 2.75) is 38.3 Å². The summed E-state index contributed by atoms with van der Waals surface area (Å²) in [6, 6.07) is 0.138. The number of aryl methyl sites for hydroxylation is 1. The number of nitrogens with zero attached hydrogens (tertiary/aromatic N) is 3. The molecule has 0 aliphatic carbocycles. The lowest BCUT2D eigenvalue weighted by Crippen LogP contribution is -2.24. The first-order chi connectivity index (χ1) is 7.11. The molecule has 86 valence electrons. The number of rotatable bonds is 6. The van der Waals surface area contributed by atoms with Crippen LogP contribution in [-0.2, 0) is 18.2 Å². The zero-order valence-corrected chi connectivity index (χ0v) is 9.68. The molecule has 0 aliphatic rings. The molecule has 5 heteroatoms. The van der Waals surface area contributed by atoms with Crippen molar-refractivity contribution in [2.75, 3.05) is 7.11 Å². The Balaban J connectivity index is 2.27. The first-order valence-corrected chi connectivity index (χ1v) is 5.25. The maximum Gasteiger partial charge on any atom is 0.0842 e. The maximum absolute atomic E-state index is 5.99. The van der Waals surface area contributed by atoms with Gasteiger partial charge in [0.15, 0.2) is 0 Å². The molecular weight excluding hydrogens is 192 g/mol. The summed E-state index contributed by atoms with van der Waals surface area (Å²) in [4.78, 5) is 0. The summed E-state index contributed by atoms with van der Waals surface area (Å²) in [7, 11) is 3.58. The Morgan fingerprint density at radius 1 is 1.53 bits per heavy atom. The van der Waals surface area contributed by atoms with Crippen molar-refractivity contribution in [3.63, 3.8) is 0 Å². The van der Waals surface area contributed by atoms with Crippen molar-refractivity contribution in [1.29, 1.82) is 0 Å². The molecule has 0 radical (unpaired) electrons. The molecule has 0 spiro atoms. The van der Waals surface area contributed by atoms with Gasteiger partial charge in [-0.25, -0.2) is 0 Å². The molecule has 0 bridgehead atoms. The van der Waals surface area contributed by atoms with Crippen LogP contribution in [0.5, 0.6) is 0 Å². The third-order valence-electron chi connectivity index (χ3n) is 2.47. The molecule has 0 saturated heterocycles. The number of hydrogen-bond acceptors (Lipinski definition) is 4. The van der Waals surface area contributed by atoms with Crippen molar-refractivity contribution in [2.24, 2.45) is 12.8 Å². The topological polar surface area (TPSA) is 66.0 Å². The predicted molar refractivity (Wildman–Crippen MR) is 58.4 cm³/mol. The second-order valence-corrected chi connectivity index (χ2v) is 3.97. The van der Waals surface area contributed by atoms with Crippen LogP contribution in [0.25, 0.3) is 0 Å². The van der Waals surface area contributed by atoms with Gasteiger partial charge in [-0.3, -0.25) is 4.68 Å². The first kappa shape index (κ1) is 12.1. The van der Waals surface area contributed by atoms with Crippen LogP contribution in [0.3, 0.4) is 0 Å². The van der Waals surface area contributed by atoms with Gasteiger partial charge in [0.25, 0.3) is 0 Å². The SMILES string of the molecule is COC(C)CCC(N)Cc1cn(C)nn1. The van der Waals surface area contributed by atoms with E-state index in [2.05, 4.69) is 17.2 Å². The molecule has 0 saturated carbocycles. The van der Waals surface area contributed by atoms with E-state index in [1.165, 1.54) is 0 Å². The summed E-state index contributed by atoms with van der Waals surface area (Å²) in [5.74, 6) is 0. The fraction of sp³-hybridized carbons (Fsp3) is 0.800. The Morgan fingerprint density at radius 2 is 2.27 bits per heavy atom. The van der Waals surface area contributed by atoms with E-state index in [4.69, 9.17) is 10.5 Å². The molecule has 2 unspecified atom stereocenters. The van der Waals surface area contributed by atoms with Gasteiger partial charge in [0.05, 0.1) is 11.8 Å². The fourth-order valence-corrected chi connectivity index (χ4v) is 1.43. The van der Waals surface area contributed by atoms with Gasteiger partial charge in [-0.05, 0) is 19.8 Å². The maximum atomic E-state index is 5.99. The van der Waals surface area contributed by atoms with E-state index in [-0.39, 0.29) is 12.1 Å². The Hall–Kier alpha value is -0.940. The Bertz CT molecular complexity index is 287. The summed E-state index contributed by atoms with van der Waals surface area (Å²) in [6.45, 7) is 2.05. The number of hydrogen-bond donors (Lipinski definition) is 1. The van der Waals surface area contributed by atoms with Crippen LogP contribution in [0.2, 0.25) is 0 Å². The van der Waals surface area contributed by atoms with Crippen molar-refractivity contribution in [3.05, 3.63) is 11.9 Å². The summed E-state index contributed by atoms with van der Waals surface area (Å²) in [5.41, 5.74) is 6.94. The van der Waals surface area contributed by atoms with E-state index in [1.807, 2.05) is 13.2 Å². The Labute approximate surface area is 90.6 Å². The van der Waals surface area contributed by atoms with Gasteiger partial charge in [0.2, 0.25) is 0 Å². The van der Waals surface area contributed by atoms with Crippen LogP contribution in [0.4, 0.5) is 0 Å². The highest BCUT2D eigenvalue weighted by molar-refractivity contribution is 4.95. The van der Waals surface area contributed by atoms with Gasteiger partial charge in [-0.2, -0.15) is 0 Å². The third kappa shape index (κ3) is 4.40. The lowest BCUT2D eigenvalue weighted by atomic mass is 10.1. The van der Waals surface area contributed by atoms with Crippen LogP contribution >= 0.6 is 0 Å². The summed E-state index contributed by atoms with van der Waals surface area (Å²) < 4.78 is 6.86. The molecule has 0 amide bonds. The van der Waals surface area contributed by atoms with Gasteiger partial charge >= 0.3 is 0 Å². The largest absolute Gasteiger partial charge is 0.382 e. The number of methoxy groups -OCH3 is 1. The Morgan fingerprint density at radius 3 is 2.80 bits per heavy atom. The zero-order valence-electron chi connectivity index (χ0n) is 9.68. The number of nitrogens with two attached hydrogens (primary N) is 1. The molecule has 1 heterocycles. The van der Waals surface area contributed by atoms with Gasteiger partial charge < -0.3 is 10.5 Å². The molecule has 2 N–H and O–H groups in total. The van der Waals surface area contributed by atoms with Crippen LogP contribution in [0.1, 0.15) is 25.5 Å². The monoisotopic (exact) mass is 212 g/mol. The highest BCUT2D eigenvalue weighted by Gasteiger charge is 2.09. The van der Waals surface area contributed by atoms with Crippen LogP contribution in [0.15, 0.2) is 6.20 Å². The van der Waals surface area contributed by atoms with Crippen molar-refractivity contribution in [3.8, 4) is 0 Å². The van der Waals surface area contributed by atoms with E-state index in [0.29, 0.717) is 0 Å². The van der Waals surface area contributed by atoms with Gasteiger partial charge in [0.1, 0.15) is 0 Å². The molecular formula is C10H20N4O. The molecule has 0 fully saturated rings. The first-order valence-electron chi connectivity index (χ1n) is 5.25. The molecule has 0 aliphatic heterocycles.